The van der Waals surface area contributed by atoms with E-state index in [0.717, 1.165) is 12.0 Å². The summed E-state index contributed by atoms with van der Waals surface area (Å²) in [7, 11) is -3.40. The fraction of sp³-hybridized carbons (Fsp3) is 0.500. The Morgan fingerprint density at radius 3 is 2.50 bits per heavy atom. The summed E-state index contributed by atoms with van der Waals surface area (Å²) < 4.78 is 26.3. The molecule has 1 saturated heterocycles. The maximum absolute atomic E-state index is 12.4. The van der Waals surface area contributed by atoms with E-state index in [-0.39, 0.29) is 11.3 Å². The van der Waals surface area contributed by atoms with Gasteiger partial charge < -0.3 is 5.11 Å². The van der Waals surface area contributed by atoms with Crippen LogP contribution in [0.2, 0.25) is 0 Å². The summed E-state index contributed by atoms with van der Waals surface area (Å²) in [5.41, 5.74) is 0.834. The smallest absolute Gasteiger partial charge is 0.303 e. The summed E-state index contributed by atoms with van der Waals surface area (Å²) in [6.45, 7) is 3.19. The molecule has 0 bridgehead atoms. The predicted octanol–water partition coefficient (Wildman–Crippen LogP) is 1.73. The topological polar surface area (TPSA) is 74.7 Å². The van der Waals surface area contributed by atoms with Crippen molar-refractivity contribution in [2.75, 3.05) is 13.1 Å². The van der Waals surface area contributed by atoms with Crippen molar-refractivity contribution in [3.63, 3.8) is 0 Å². The molecule has 1 aromatic rings. The van der Waals surface area contributed by atoms with Crippen LogP contribution in [0.3, 0.4) is 0 Å². The van der Waals surface area contributed by atoms with Gasteiger partial charge in [0.15, 0.2) is 0 Å². The number of carboxylic acids is 1. The van der Waals surface area contributed by atoms with Crippen molar-refractivity contribution in [3.05, 3.63) is 29.8 Å². The number of carboxylic acid groups (broad SMARTS) is 1. The summed E-state index contributed by atoms with van der Waals surface area (Å²) in [5.74, 6) is -0.452. The van der Waals surface area contributed by atoms with Crippen molar-refractivity contribution in [2.45, 2.75) is 31.1 Å². The molecule has 1 atom stereocenters. The summed E-state index contributed by atoms with van der Waals surface area (Å²) in [5, 5.41) is 8.62. The standard InChI is InChI=1S/C14H19NO4S/c1-11-8-9-15(10-11)20(18,19)13-5-2-12(3-6-13)4-7-14(16)17/h2-3,5-6,11H,4,7-10H2,1H3,(H,16,17). The van der Waals surface area contributed by atoms with Gasteiger partial charge in [0.25, 0.3) is 0 Å². The highest BCUT2D eigenvalue weighted by Gasteiger charge is 2.30. The molecule has 2 rings (SSSR count). The Balaban J connectivity index is 2.11. The van der Waals surface area contributed by atoms with Crippen molar-refractivity contribution in [2.24, 2.45) is 5.92 Å². The van der Waals surface area contributed by atoms with Gasteiger partial charge in [-0.3, -0.25) is 4.79 Å². The number of rotatable bonds is 5. The molecule has 0 spiro atoms. The Morgan fingerprint density at radius 1 is 1.35 bits per heavy atom. The molecular weight excluding hydrogens is 278 g/mol. The molecule has 1 N–H and O–H groups in total. The van der Waals surface area contributed by atoms with Gasteiger partial charge >= 0.3 is 5.97 Å². The number of nitrogens with zero attached hydrogens (tertiary/aromatic N) is 1. The summed E-state index contributed by atoms with van der Waals surface area (Å²) in [6, 6.07) is 6.51. The third-order valence-corrected chi connectivity index (χ3v) is 5.45. The molecule has 5 nitrogen and oxygen atoms in total. The van der Waals surface area contributed by atoms with Crippen LogP contribution in [0.25, 0.3) is 0 Å². The molecule has 0 aromatic heterocycles. The van der Waals surface area contributed by atoms with Gasteiger partial charge in [0.05, 0.1) is 4.90 Å². The van der Waals surface area contributed by atoms with E-state index < -0.39 is 16.0 Å². The van der Waals surface area contributed by atoms with E-state index in [1.54, 1.807) is 24.3 Å². The number of aryl methyl sites for hydroxylation is 1. The van der Waals surface area contributed by atoms with Gasteiger partial charge in [-0.15, -0.1) is 0 Å². The first kappa shape index (κ1) is 15.0. The minimum Gasteiger partial charge on any atom is -0.481 e. The van der Waals surface area contributed by atoms with Gasteiger partial charge in [0.2, 0.25) is 10.0 Å². The Labute approximate surface area is 119 Å². The van der Waals surface area contributed by atoms with E-state index >= 15 is 0 Å². The first-order valence-electron chi connectivity index (χ1n) is 6.70. The number of hydrogen-bond acceptors (Lipinski definition) is 3. The molecule has 0 radical (unpaired) electrons. The van der Waals surface area contributed by atoms with Crippen molar-refractivity contribution in [3.8, 4) is 0 Å². The van der Waals surface area contributed by atoms with E-state index in [1.807, 2.05) is 6.92 Å². The van der Waals surface area contributed by atoms with E-state index in [2.05, 4.69) is 0 Å². The number of carbonyl (C=O) groups is 1. The number of benzene rings is 1. The van der Waals surface area contributed by atoms with Crippen molar-refractivity contribution in [1.29, 1.82) is 0 Å². The Bertz CT molecular complexity index is 580. The zero-order valence-corrected chi connectivity index (χ0v) is 12.3. The van der Waals surface area contributed by atoms with Crippen molar-refractivity contribution < 1.29 is 18.3 Å². The molecule has 1 aliphatic heterocycles. The Hall–Kier alpha value is -1.40. The quantitative estimate of drug-likeness (QED) is 0.898. The molecule has 20 heavy (non-hydrogen) atoms. The number of sulfonamides is 1. The Morgan fingerprint density at radius 2 is 2.00 bits per heavy atom. The van der Waals surface area contributed by atoms with Gasteiger partial charge in [0.1, 0.15) is 0 Å². The van der Waals surface area contributed by atoms with Gasteiger partial charge in [0, 0.05) is 19.5 Å². The Kier molecular flexibility index (Phi) is 4.45. The minimum absolute atomic E-state index is 0.0513. The van der Waals surface area contributed by atoms with Crippen LogP contribution in [0.15, 0.2) is 29.2 Å². The molecule has 0 amide bonds. The number of aliphatic carboxylic acids is 1. The largest absolute Gasteiger partial charge is 0.481 e. The molecule has 1 fully saturated rings. The lowest BCUT2D eigenvalue weighted by molar-refractivity contribution is -0.136. The zero-order valence-electron chi connectivity index (χ0n) is 11.4. The van der Waals surface area contributed by atoms with Crippen LogP contribution in [0, 0.1) is 5.92 Å². The fourth-order valence-electron chi connectivity index (χ4n) is 2.34. The maximum Gasteiger partial charge on any atom is 0.303 e. The van der Waals surface area contributed by atoms with Gasteiger partial charge in [-0.25, -0.2) is 8.42 Å². The van der Waals surface area contributed by atoms with Gasteiger partial charge in [-0.2, -0.15) is 4.31 Å². The van der Waals surface area contributed by atoms with E-state index in [9.17, 15) is 13.2 Å². The van der Waals surface area contributed by atoms with Crippen molar-refractivity contribution >= 4 is 16.0 Å². The van der Waals surface area contributed by atoms with Crippen LogP contribution in [0.5, 0.6) is 0 Å². The lowest BCUT2D eigenvalue weighted by atomic mass is 10.1. The van der Waals surface area contributed by atoms with E-state index in [4.69, 9.17) is 5.11 Å². The third kappa shape index (κ3) is 3.37. The van der Waals surface area contributed by atoms with Gasteiger partial charge in [-0.05, 0) is 36.5 Å². The monoisotopic (exact) mass is 297 g/mol. The second-order valence-corrected chi connectivity index (χ2v) is 7.23. The fourth-order valence-corrected chi connectivity index (χ4v) is 3.92. The van der Waals surface area contributed by atoms with Crippen LogP contribution < -0.4 is 0 Å². The normalized spacial score (nSPS) is 20.1. The van der Waals surface area contributed by atoms with Crippen LogP contribution in [0.4, 0.5) is 0 Å². The summed E-state index contributed by atoms with van der Waals surface area (Å²) in [6.07, 6.45) is 1.36. The first-order valence-corrected chi connectivity index (χ1v) is 8.14. The predicted molar refractivity (Wildman–Crippen MR) is 74.9 cm³/mol. The highest BCUT2D eigenvalue weighted by molar-refractivity contribution is 7.89. The third-order valence-electron chi connectivity index (χ3n) is 3.58. The van der Waals surface area contributed by atoms with Crippen LogP contribution >= 0.6 is 0 Å². The molecule has 6 heteroatoms. The summed E-state index contributed by atoms with van der Waals surface area (Å²) in [4.78, 5) is 10.8. The van der Waals surface area contributed by atoms with Crippen LogP contribution in [0.1, 0.15) is 25.3 Å². The van der Waals surface area contributed by atoms with Crippen LogP contribution in [-0.2, 0) is 21.2 Å². The van der Waals surface area contributed by atoms with Gasteiger partial charge in [-0.1, -0.05) is 19.1 Å². The SMILES string of the molecule is CC1CCN(S(=O)(=O)c2ccc(CCC(=O)O)cc2)C1. The van der Waals surface area contributed by atoms with E-state index in [0.29, 0.717) is 25.4 Å². The lowest BCUT2D eigenvalue weighted by Crippen LogP contribution is -2.28. The molecule has 1 heterocycles. The highest BCUT2D eigenvalue weighted by atomic mass is 32.2. The zero-order chi connectivity index (χ0) is 14.8. The maximum atomic E-state index is 12.4. The second-order valence-electron chi connectivity index (χ2n) is 5.29. The molecular formula is C14H19NO4S. The second kappa shape index (κ2) is 5.93. The van der Waals surface area contributed by atoms with Crippen LogP contribution in [-0.4, -0.2) is 36.9 Å². The van der Waals surface area contributed by atoms with E-state index in [1.165, 1.54) is 4.31 Å². The van der Waals surface area contributed by atoms with Crippen molar-refractivity contribution in [1.82, 2.24) is 4.31 Å². The average Bonchev–Trinajstić information content (AvgIpc) is 2.84. The molecule has 1 unspecified atom stereocenters. The lowest BCUT2D eigenvalue weighted by Gasteiger charge is -2.16. The molecule has 1 aromatic carbocycles. The molecule has 1 aliphatic rings. The first-order chi connectivity index (χ1) is 9.39. The minimum atomic E-state index is -3.40. The molecule has 110 valence electrons. The number of hydrogen-bond donors (Lipinski definition) is 1. The highest BCUT2D eigenvalue weighted by Crippen LogP contribution is 2.24. The average molecular weight is 297 g/mol. The molecule has 0 aliphatic carbocycles. The molecule has 0 saturated carbocycles. The summed E-state index contributed by atoms with van der Waals surface area (Å²) >= 11 is 0.